The standard InChI is InChI=1S/C27H29N5O5/c1-3-5-15-36-20-13-9-17(10-14-20)24-29-21(23(28)33)22-25(31-24)32(27(35)30-22)19-11-7-18(8-12-19)26(34)37-16-6-4-2/h7-14H,3-6,15-16H2,1-2H3,(H2,28,33)(H,30,35). The van der Waals surface area contributed by atoms with Crippen LogP contribution in [-0.4, -0.2) is 44.6 Å². The first kappa shape index (κ1) is 25.6. The van der Waals surface area contributed by atoms with Crippen LogP contribution in [-0.2, 0) is 4.74 Å². The molecule has 2 heterocycles. The molecule has 0 radical (unpaired) electrons. The van der Waals surface area contributed by atoms with E-state index in [9.17, 15) is 14.4 Å². The summed E-state index contributed by atoms with van der Waals surface area (Å²) in [4.78, 5) is 48.9. The van der Waals surface area contributed by atoms with Crippen molar-refractivity contribution in [1.82, 2.24) is 19.5 Å². The van der Waals surface area contributed by atoms with E-state index in [4.69, 9.17) is 15.2 Å². The maximum Gasteiger partial charge on any atom is 0.338 e. The molecule has 0 aliphatic heterocycles. The largest absolute Gasteiger partial charge is 0.494 e. The van der Waals surface area contributed by atoms with Crippen LogP contribution in [0.2, 0.25) is 0 Å². The molecule has 3 N–H and O–H groups in total. The zero-order valence-corrected chi connectivity index (χ0v) is 20.8. The maximum atomic E-state index is 12.9. The van der Waals surface area contributed by atoms with Crippen LogP contribution in [0, 0.1) is 0 Å². The van der Waals surface area contributed by atoms with E-state index in [1.165, 1.54) is 4.57 Å². The second-order valence-electron chi connectivity index (χ2n) is 8.49. The van der Waals surface area contributed by atoms with Crippen molar-refractivity contribution < 1.29 is 19.1 Å². The number of ether oxygens (including phenoxy) is 2. The van der Waals surface area contributed by atoms with E-state index in [1.807, 2.05) is 6.92 Å². The van der Waals surface area contributed by atoms with E-state index in [-0.39, 0.29) is 22.7 Å². The van der Waals surface area contributed by atoms with Gasteiger partial charge in [0.1, 0.15) is 11.3 Å². The number of H-pyrrole nitrogens is 1. The lowest BCUT2D eigenvalue weighted by molar-refractivity contribution is 0.0499. The van der Waals surface area contributed by atoms with Crippen molar-refractivity contribution in [2.24, 2.45) is 5.73 Å². The van der Waals surface area contributed by atoms with Crippen molar-refractivity contribution >= 4 is 23.0 Å². The van der Waals surface area contributed by atoms with Gasteiger partial charge in [-0.05, 0) is 61.4 Å². The highest BCUT2D eigenvalue weighted by atomic mass is 16.5. The molecule has 2 aromatic carbocycles. The van der Waals surface area contributed by atoms with Crippen molar-refractivity contribution in [2.75, 3.05) is 13.2 Å². The minimum absolute atomic E-state index is 0.102. The highest BCUT2D eigenvalue weighted by Crippen LogP contribution is 2.24. The Bertz CT molecular complexity index is 1460. The Morgan fingerprint density at radius 2 is 1.62 bits per heavy atom. The summed E-state index contributed by atoms with van der Waals surface area (Å²) >= 11 is 0. The summed E-state index contributed by atoms with van der Waals surface area (Å²) in [6, 6.07) is 13.5. The minimum atomic E-state index is -0.799. The van der Waals surface area contributed by atoms with E-state index in [0.29, 0.717) is 35.8 Å². The predicted molar refractivity (Wildman–Crippen MR) is 139 cm³/mol. The lowest BCUT2D eigenvalue weighted by Crippen LogP contribution is -2.15. The molecule has 2 aromatic heterocycles. The van der Waals surface area contributed by atoms with Crippen LogP contribution in [0.4, 0.5) is 0 Å². The van der Waals surface area contributed by atoms with Gasteiger partial charge in [-0.1, -0.05) is 26.7 Å². The summed E-state index contributed by atoms with van der Waals surface area (Å²) in [7, 11) is 0. The smallest absolute Gasteiger partial charge is 0.338 e. The molecule has 0 saturated carbocycles. The molecular formula is C27H29N5O5. The topological polar surface area (TPSA) is 142 Å². The molecule has 0 unspecified atom stereocenters. The van der Waals surface area contributed by atoms with Gasteiger partial charge in [0.2, 0.25) is 0 Å². The minimum Gasteiger partial charge on any atom is -0.494 e. The summed E-state index contributed by atoms with van der Waals surface area (Å²) < 4.78 is 12.3. The monoisotopic (exact) mass is 503 g/mol. The number of aromatic nitrogens is 4. The number of carbonyl (C=O) groups is 2. The average Bonchev–Trinajstić information content (AvgIpc) is 3.24. The lowest BCUT2D eigenvalue weighted by Gasteiger charge is -2.09. The van der Waals surface area contributed by atoms with Gasteiger partial charge in [-0.15, -0.1) is 0 Å². The third-order valence-electron chi connectivity index (χ3n) is 5.74. The first-order chi connectivity index (χ1) is 17.9. The Morgan fingerprint density at radius 1 is 0.946 bits per heavy atom. The molecule has 0 aliphatic carbocycles. The van der Waals surface area contributed by atoms with Crippen LogP contribution in [0.3, 0.4) is 0 Å². The third kappa shape index (κ3) is 5.69. The van der Waals surface area contributed by atoms with Gasteiger partial charge in [-0.25, -0.2) is 24.1 Å². The molecule has 0 bridgehead atoms. The number of nitrogens with two attached hydrogens (primary N) is 1. The van der Waals surface area contributed by atoms with Crippen LogP contribution in [0.25, 0.3) is 28.2 Å². The Labute approximate surface area is 213 Å². The molecular weight excluding hydrogens is 474 g/mol. The number of nitrogens with one attached hydrogen (secondary N) is 1. The van der Waals surface area contributed by atoms with E-state index in [1.54, 1.807) is 48.5 Å². The molecule has 10 heteroatoms. The quantitative estimate of drug-likeness (QED) is 0.233. The zero-order chi connectivity index (χ0) is 26.4. The number of fused-ring (bicyclic) bond motifs is 1. The molecule has 0 fully saturated rings. The Kier molecular flexibility index (Phi) is 7.97. The fourth-order valence-electron chi connectivity index (χ4n) is 3.71. The molecule has 192 valence electrons. The number of primary amides is 1. The van der Waals surface area contributed by atoms with Crippen molar-refractivity contribution in [3.05, 3.63) is 70.3 Å². The first-order valence-electron chi connectivity index (χ1n) is 12.3. The molecule has 0 atom stereocenters. The highest BCUT2D eigenvalue weighted by molar-refractivity contribution is 6.02. The number of unbranched alkanes of at least 4 members (excludes halogenated alkanes) is 2. The van der Waals surface area contributed by atoms with E-state index in [0.717, 1.165) is 25.7 Å². The highest BCUT2D eigenvalue weighted by Gasteiger charge is 2.20. The summed E-state index contributed by atoms with van der Waals surface area (Å²) in [6.07, 6.45) is 3.69. The first-order valence-corrected chi connectivity index (χ1v) is 12.3. The number of nitrogens with zero attached hydrogens (tertiary/aromatic N) is 3. The Balaban J connectivity index is 1.72. The van der Waals surface area contributed by atoms with Gasteiger partial charge in [-0.3, -0.25) is 4.79 Å². The van der Waals surface area contributed by atoms with Gasteiger partial charge >= 0.3 is 11.7 Å². The van der Waals surface area contributed by atoms with Crippen molar-refractivity contribution in [2.45, 2.75) is 39.5 Å². The summed E-state index contributed by atoms with van der Waals surface area (Å²) in [5.41, 5.74) is 6.71. The number of rotatable bonds is 11. The van der Waals surface area contributed by atoms with Gasteiger partial charge in [0.25, 0.3) is 5.91 Å². The average molecular weight is 504 g/mol. The number of hydrogen-bond donors (Lipinski definition) is 2. The number of benzene rings is 2. The predicted octanol–water partition coefficient (Wildman–Crippen LogP) is 4.01. The summed E-state index contributed by atoms with van der Waals surface area (Å²) in [5, 5.41) is 0. The van der Waals surface area contributed by atoms with Crippen LogP contribution in [0.1, 0.15) is 60.4 Å². The SMILES string of the molecule is CCCCOC(=O)c1ccc(-n2c(=O)[nH]c3c(C(N)=O)nc(-c4ccc(OCCCC)cc4)nc32)cc1. The van der Waals surface area contributed by atoms with Crippen LogP contribution in [0.5, 0.6) is 5.75 Å². The Hall–Kier alpha value is -4.47. The van der Waals surface area contributed by atoms with Gasteiger partial charge in [0.05, 0.1) is 24.5 Å². The zero-order valence-electron chi connectivity index (χ0n) is 20.8. The van der Waals surface area contributed by atoms with Crippen molar-refractivity contribution in [1.29, 1.82) is 0 Å². The van der Waals surface area contributed by atoms with Crippen LogP contribution >= 0.6 is 0 Å². The molecule has 0 spiro atoms. The number of amides is 1. The number of imidazole rings is 1. The molecule has 10 nitrogen and oxygen atoms in total. The molecule has 4 rings (SSSR count). The van der Waals surface area contributed by atoms with E-state index >= 15 is 0 Å². The summed E-state index contributed by atoms with van der Waals surface area (Å²) in [5.74, 6) is -0.300. The number of carbonyl (C=O) groups excluding carboxylic acids is 2. The molecule has 4 aromatic rings. The van der Waals surface area contributed by atoms with Gasteiger partial charge in [0.15, 0.2) is 17.2 Å². The summed E-state index contributed by atoms with van der Waals surface area (Å²) in [6.45, 7) is 5.07. The second-order valence-corrected chi connectivity index (χ2v) is 8.49. The molecule has 37 heavy (non-hydrogen) atoms. The van der Waals surface area contributed by atoms with E-state index in [2.05, 4.69) is 21.9 Å². The number of aromatic amines is 1. The molecule has 0 saturated heterocycles. The number of hydrogen-bond acceptors (Lipinski definition) is 7. The Morgan fingerprint density at radius 3 is 2.27 bits per heavy atom. The fraction of sp³-hybridized carbons (Fsp3) is 0.296. The third-order valence-corrected chi connectivity index (χ3v) is 5.74. The van der Waals surface area contributed by atoms with Gasteiger partial charge < -0.3 is 20.2 Å². The fourth-order valence-corrected chi connectivity index (χ4v) is 3.71. The van der Waals surface area contributed by atoms with Crippen molar-refractivity contribution in [3.8, 4) is 22.8 Å². The maximum absolute atomic E-state index is 12.9. The van der Waals surface area contributed by atoms with Crippen molar-refractivity contribution in [3.63, 3.8) is 0 Å². The molecule has 1 amide bonds. The molecule has 0 aliphatic rings. The lowest BCUT2D eigenvalue weighted by atomic mass is 10.2. The second kappa shape index (κ2) is 11.5. The van der Waals surface area contributed by atoms with Gasteiger partial charge in [-0.2, -0.15) is 0 Å². The number of esters is 1. The van der Waals surface area contributed by atoms with Gasteiger partial charge in [0, 0.05) is 5.56 Å². The van der Waals surface area contributed by atoms with Crippen LogP contribution < -0.4 is 16.2 Å². The normalized spacial score (nSPS) is 11.0. The van der Waals surface area contributed by atoms with E-state index < -0.39 is 17.6 Å². The van der Waals surface area contributed by atoms with Crippen LogP contribution in [0.15, 0.2) is 53.3 Å².